The molecular weight excluding hydrogens is 363 g/mol. The van der Waals surface area contributed by atoms with Crippen molar-refractivity contribution in [1.29, 1.82) is 0 Å². The first-order valence-corrected chi connectivity index (χ1v) is 10.8. The predicted molar refractivity (Wildman–Crippen MR) is 120 cm³/mol. The van der Waals surface area contributed by atoms with Crippen LogP contribution in [0.2, 0.25) is 0 Å². The first kappa shape index (κ1) is 21.7. The third-order valence-electron chi connectivity index (χ3n) is 6.10. The summed E-state index contributed by atoms with van der Waals surface area (Å²) in [6.45, 7) is 13.9. The summed E-state index contributed by atoms with van der Waals surface area (Å²) >= 11 is 0. The van der Waals surface area contributed by atoms with Crippen molar-refractivity contribution in [3.05, 3.63) is 46.5 Å². The van der Waals surface area contributed by atoms with Crippen LogP contribution in [0, 0.1) is 24.6 Å². The minimum absolute atomic E-state index is 0.0597. The largest absolute Gasteiger partial charge is 0.360 e. The Hall–Kier alpha value is -2.01. The van der Waals surface area contributed by atoms with E-state index >= 15 is 0 Å². The van der Waals surface area contributed by atoms with Crippen LogP contribution >= 0.6 is 0 Å². The van der Waals surface area contributed by atoms with E-state index in [4.69, 9.17) is 4.99 Å². The zero-order valence-corrected chi connectivity index (χ0v) is 18.4. The molecule has 0 atom stereocenters. The normalized spacial score (nSPS) is 19.9. The molecular formula is C24H35FN4. The molecule has 2 aliphatic heterocycles. The molecule has 158 valence electrons. The van der Waals surface area contributed by atoms with Crippen LogP contribution in [0.1, 0.15) is 44.2 Å². The third-order valence-corrected chi connectivity index (χ3v) is 6.10. The van der Waals surface area contributed by atoms with Gasteiger partial charge in [-0.05, 0) is 63.1 Å². The second-order valence-corrected chi connectivity index (χ2v) is 8.89. The molecule has 0 unspecified atom stereocenters. The number of piperidine rings is 1. The number of nitrogens with zero attached hydrogens (tertiary/aromatic N) is 4. The van der Waals surface area contributed by atoms with E-state index in [1.807, 2.05) is 19.1 Å². The standard InChI is InChI=1S/C24H35FN4/c1-17(2)24(27-22-10-11-28(5)16-23(22)26-4)29-12-8-19(9-13-29)15-20-7-6-18(3)14-21(20)25/h6-7,14,17,19H,4,8-13,15-16H2,1-3,5H3/b27-24+. The van der Waals surface area contributed by atoms with Crippen LogP contribution in [0.5, 0.6) is 0 Å². The average molecular weight is 399 g/mol. The lowest BCUT2D eigenvalue weighted by molar-refractivity contribution is 0.256. The summed E-state index contributed by atoms with van der Waals surface area (Å²) < 4.78 is 14.2. The van der Waals surface area contributed by atoms with E-state index < -0.39 is 0 Å². The topological polar surface area (TPSA) is 31.2 Å². The second-order valence-electron chi connectivity index (χ2n) is 8.89. The molecule has 0 amide bonds. The van der Waals surface area contributed by atoms with E-state index in [0.717, 1.165) is 80.2 Å². The van der Waals surface area contributed by atoms with E-state index in [2.05, 4.69) is 42.4 Å². The number of hydrogen-bond acceptors (Lipinski definition) is 3. The van der Waals surface area contributed by atoms with Gasteiger partial charge in [0.15, 0.2) is 0 Å². The van der Waals surface area contributed by atoms with E-state index in [0.29, 0.717) is 11.8 Å². The number of likely N-dealkylation sites (tertiary alicyclic amines) is 1. The SMILES string of the molecule is C=NC1=C(/N=C(\C(C)C)N2CCC(Cc3ccc(C)cc3F)CC2)CCN(C)C1. The molecule has 2 heterocycles. The number of halogens is 1. The highest BCUT2D eigenvalue weighted by molar-refractivity contribution is 5.85. The van der Waals surface area contributed by atoms with Crippen LogP contribution in [0.3, 0.4) is 0 Å². The highest BCUT2D eigenvalue weighted by atomic mass is 19.1. The predicted octanol–water partition coefficient (Wildman–Crippen LogP) is 4.69. The maximum atomic E-state index is 14.2. The molecule has 0 radical (unpaired) electrons. The molecule has 0 spiro atoms. The molecule has 0 aliphatic carbocycles. The minimum Gasteiger partial charge on any atom is -0.360 e. The van der Waals surface area contributed by atoms with Gasteiger partial charge in [-0.1, -0.05) is 26.0 Å². The van der Waals surface area contributed by atoms with Gasteiger partial charge in [-0.15, -0.1) is 0 Å². The van der Waals surface area contributed by atoms with Crippen LogP contribution in [-0.2, 0) is 6.42 Å². The molecule has 1 aromatic carbocycles. The molecule has 1 saturated heterocycles. The molecule has 1 fully saturated rings. The summed E-state index contributed by atoms with van der Waals surface area (Å²) in [5.41, 5.74) is 3.92. The zero-order chi connectivity index (χ0) is 21.0. The van der Waals surface area contributed by atoms with Crippen molar-refractivity contribution in [2.75, 3.05) is 33.2 Å². The number of aliphatic imine (C=N–C) groups is 2. The highest BCUT2D eigenvalue weighted by Crippen LogP contribution is 2.26. The Morgan fingerprint density at radius 2 is 1.93 bits per heavy atom. The van der Waals surface area contributed by atoms with Crippen LogP contribution in [-0.4, -0.2) is 55.6 Å². The molecule has 29 heavy (non-hydrogen) atoms. The number of benzene rings is 1. The zero-order valence-electron chi connectivity index (χ0n) is 18.4. The van der Waals surface area contributed by atoms with Crippen molar-refractivity contribution in [2.45, 2.75) is 46.5 Å². The molecule has 1 aromatic rings. The fourth-order valence-corrected chi connectivity index (χ4v) is 4.33. The van der Waals surface area contributed by atoms with Gasteiger partial charge in [0.1, 0.15) is 11.7 Å². The van der Waals surface area contributed by atoms with Gasteiger partial charge in [0.25, 0.3) is 0 Å². The van der Waals surface area contributed by atoms with Gasteiger partial charge in [-0.3, -0.25) is 4.99 Å². The van der Waals surface area contributed by atoms with Gasteiger partial charge in [-0.25, -0.2) is 9.38 Å². The summed E-state index contributed by atoms with van der Waals surface area (Å²) in [5, 5.41) is 0. The van der Waals surface area contributed by atoms with Crippen molar-refractivity contribution in [3.8, 4) is 0 Å². The van der Waals surface area contributed by atoms with Crippen molar-refractivity contribution >= 4 is 12.6 Å². The van der Waals surface area contributed by atoms with Gasteiger partial charge in [0, 0.05) is 38.5 Å². The van der Waals surface area contributed by atoms with Crippen LogP contribution < -0.4 is 0 Å². The van der Waals surface area contributed by atoms with Gasteiger partial charge >= 0.3 is 0 Å². The minimum atomic E-state index is -0.0597. The van der Waals surface area contributed by atoms with E-state index in [9.17, 15) is 4.39 Å². The Labute approximate surface area is 175 Å². The maximum absolute atomic E-state index is 14.2. The number of likely N-dealkylation sites (N-methyl/N-ethyl adjacent to an activating group) is 1. The first-order valence-electron chi connectivity index (χ1n) is 10.8. The average Bonchev–Trinajstić information content (AvgIpc) is 2.69. The molecule has 2 aliphatic rings. The summed E-state index contributed by atoms with van der Waals surface area (Å²) in [7, 11) is 2.11. The van der Waals surface area contributed by atoms with Crippen molar-refractivity contribution in [1.82, 2.24) is 9.80 Å². The second kappa shape index (κ2) is 9.66. The molecule has 5 heteroatoms. The number of rotatable bonds is 5. The van der Waals surface area contributed by atoms with Crippen molar-refractivity contribution < 1.29 is 4.39 Å². The fraction of sp³-hybridized carbons (Fsp3) is 0.583. The smallest absolute Gasteiger partial charge is 0.126 e. The monoisotopic (exact) mass is 398 g/mol. The van der Waals surface area contributed by atoms with Gasteiger partial charge < -0.3 is 9.80 Å². The summed E-state index contributed by atoms with van der Waals surface area (Å²) in [4.78, 5) is 14.0. The Morgan fingerprint density at radius 1 is 1.21 bits per heavy atom. The van der Waals surface area contributed by atoms with Gasteiger partial charge in [0.2, 0.25) is 0 Å². The van der Waals surface area contributed by atoms with E-state index in [1.165, 1.54) is 0 Å². The number of hydrogen-bond donors (Lipinski definition) is 0. The van der Waals surface area contributed by atoms with Crippen molar-refractivity contribution in [2.24, 2.45) is 21.8 Å². The number of aryl methyl sites for hydroxylation is 1. The Morgan fingerprint density at radius 3 is 2.55 bits per heavy atom. The van der Waals surface area contributed by atoms with Crippen molar-refractivity contribution in [3.63, 3.8) is 0 Å². The molecule has 0 saturated carbocycles. The Balaban J connectivity index is 1.68. The Bertz CT molecular complexity index is 788. The fourth-order valence-electron chi connectivity index (χ4n) is 4.33. The van der Waals surface area contributed by atoms with E-state index in [-0.39, 0.29) is 5.82 Å². The number of amidine groups is 1. The summed E-state index contributed by atoms with van der Waals surface area (Å²) in [5.74, 6) is 1.99. The molecule has 4 nitrogen and oxygen atoms in total. The van der Waals surface area contributed by atoms with Gasteiger partial charge in [-0.2, -0.15) is 0 Å². The quantitative estimate of drug-likeness (QED) is 0.532. The summed E-state index contributed by atoms with van der Waals surface area (Å²) in [6.07, 6.45) is 3.90. The molecule has 3 rings (SSSR count). The van der Waals surface area contributed by atoms with Gasteiger partial charge in [0.05, 0.1) is 11.4 Å². The lowest BCUT2D eigenvalue weighted by Crippen LogP contribution is -2.41. The summed E-state index contributed by atoms with van der Waals surface area (Å²) in [6, 6.07) is 5.61. The van der Waals surface area contributed by atoms with E-state index in [1.54, 1.807) is 6.07 Å². The third kappa shape index (κ3) is 5.53. The lowest BCUT2D eigenvalue weighted by atomic mass is 9.89. The van der Waals surface area contributed by atoms with Crippen LogP contribution in [0.4, 0.5) is 4.39 Å². The van der Waals surface area contributed by atoms with Crippen LogP contribution in [0.25, 0.3) is 0 Å². The maximum Gasteiger partial charge on any atom is 0.126 e. The molecule has 0 aromatic heterocycles. The Kier molecular flexibility index (Phi) is 7.23. The first-order chi connectivity index (χ1) is 13.9. The van der Waals surface area contributed by atoms with Crippen LogP contribution in [0.15, 0.2) is 39.6 Å². The highest BCUT2D eigenvalue weighted by Gasteiger charge is 2.25. The lowest BCUT2D eigenvalue weighted by Gasteiger charge is -2.36. The molecule has 0 bridgehead atoms. The molecule has 0 N–H and O–H groups in total.